The second-order valence-electron chi connectivity index (χ2n) is 5.79. The lowest BCUT2D eigenvalue weighted by atomic mass is 10.2. The van der Waals surface area contributed by atoms with E-state index in [1.807, 2.05) is 24.0 Å². The summed E-state index contributed by atoms with van der Waals surface area (Å²) in [5.41, 5.74) is 1.63. The third-order valence-corrected chi connectivity index (χ3v) is 4.18. The van der Waals surface area contributed by atoms with Crippen LogP contribution in [0.3, 0.4) is 0 Å². The number of carbonyl (C=O) groups is 1. The Balaban J connectivity index is 1.72. The lowest BCUT2D eigenvalue weighted by Crippen LogP contribution is -2.37. The van der Waals surface area contributed by atoms with Crippen molar-refractivity contribution in [1.82, 2.24) is 9.88 Å². The molecule has 2 aliphatic rings. The number of hydrogen-bond donors (Lipinski definition) is 0. The Hall–Kier alpha value is -1.62. The Morgan fingerprint density at radius 1 is 1.43 bits per heavy atom. The molecule has 1 aromatic rings. The van der Waals surface area contributed by atoms with Crippen LogP contribution in [0.5, 0.6) is 0 Å². The molecule has 1 saturated heterocycles. The van der Waals surface area contributed by atoms with Gasteiger partial charge in [-0.3, -0.25) is 9.78 Å². The number of aromatic nitrogens is 1. The van der Waals surface area contributed by atoms with Crippen LogP contribution in [0.1, 0.15) is 30.3 Å². The zero-order valence-corrected chi connectivity index (χ0v) is 12.6. The number of ether oxygens (including phenoxy) is 1. The molecular formula is C16H23N3O2. The molecule has 5 heteroatoms. The van der Waals surface area contributed by atoms with Gasteiger partial charge in [-0.25, -0.2) is 0 Å². The lowest BCUT2D eigenvalue weighted by Gasteiger charge is -2.29. The highest BCUT2D eigenvalue weighted by Crippen LogP contribution is 2.30. The SMILES string of the molecule is CCN(CC1CC1)C(=O)c1cc(N2CCOCC2)ccn1. The molecule has 1 aliphatic carbocycles. The van der Waals surface area contributed by atoms with Crippen molar-refractivity contribution >= 4 is 11.6 Å². The summed E-state index contributed by atoms with van der Waals surface area (Å²) in [6, 6.07) is 3.89. The Morgan fingerprint density at radius 2 is 2.19 bits per heavy atom. The van der Waals surface area contributed by atoms with Gasteiger partial charge in [-0.2, -0.15) is 0 Å². The van der Waals surface area contributed by atoms with E-state index in [-0.39, 0.29) is 5.91 Å². The molecule has 2 heterocycles. The van der Waals surface area contributed by atoms with Crippen molar-refractivity contribution < 1.29 is 9.53 Å². The van der Waals surface area contributed by atoms with Gasteiger partial charge >= 0.3 is 0 Å². The highest BCUT2D eigenvalue weighted by Gasteiger charge is 2.27. The van der Waals surface area contributed by atoms with Gasteiger partial charge in [0.25, 0.3) is 5.91 Å². The third kappa shape index (κ3) is 3.53. The van der Waals surface area contributed by atoms with Crippen molar-refractivity contribution in [3.05, 3.63) is 24.0 Å². The summed E-state index contributed by atoms with van der Waals surface area (Å²) in [7, 11) is 0. The van der Waals surface area contributed by atoms with Crippen LogP contribution in [-0.4, -0.2) is 55.2 Å². The van der Waals surface area contributed by atoms with Crippen LogP contribution in [0.2, 0.25) is 0 Å². The van der Waals surface area contributed by atoms with E-state index in [2.05, 4.69) is 9.88 Å². The third-order valence-electron chi connectivity index (χ3n) is 4.18. The predicted octanol–water partition coefficient (Wildman–Crippen LogP) is 1.79. The first kappa shape index (κ1) is 14.3. The molecule has 0 N–H and O–H groups in total. The molecule has 0 spiro atoms. The molecule has 0 radical (unpaired) electrons. The largest absolute Gasteiger partial charge is 0.378 e. The average molecular weight is 289 g/mol. The fourth-order valence-corrected chi connectivity index (χ4v) is 2.68. The van der Waals surface area contributed by atoms with E-state index in [0.29, 0.717) is 11.6 Å². The van der Waals surface area contributed by atoms with Gasteiger partial charge in [0.2, 0.25) is 0 Å². The summed E-state index contributed by atoms with van der Waals surface area (Å²) >= 11 is 0. The van der Waals surface area contributed by atoms with E-state index in [0.717, 1.165) is 45.1 Å². The van der Waals surface area contributed by atoms with Crippen LogP contribution in [0.15, 0.2) is 18.3 Å². The molecule has 1 aromatic heterocycles. The molecule has 21 heavy (non-hydrogen) atoms. The van der Waals surface area contributed by atoms with Gasteiger partial charge in [-0.15, -0.1) is 0 Å². The maximum Gasteiger partial charge on any atom is 0.272 e. The number of rotatable bonds is 5. The first-order valence-electron chi connectivity index (χ1n) is 7.86. The van der Waals surface area contributed by atoms with Gasteiger partial charge < -0.3 is 14.5 Å². The van der Waals surface area contributed by atoms with E-state index in [4.69, 9.17) is 4.74 Å². The van der Waals surface area contributed by atoms with Crippen LogP contribution in [0, 0.1) is 5.92 Å². The van der Waals surface area contributed by atoms with Gasteiger partial charge in [0.05, 0.1) is 13.2 Å². The zero-order valence-electron chi connectivity index (χ0n) is 12.6. The molecule has 0 aromatic carbocycles. The Kier molecular flexibility index (Phi) is 4.39. The molecular weight excluding hydrogens is 266 g/mol. The molecule has 5 nitrogen and oxygen atoms in total. The van der Waals surface area contributed by atoms with Crippen molar-refractivity contribution in [3.8, 4) is 0 Å². The maximum atomic E-state index is 12.6. The molecule has 2 fully saturated rings. The standard InChI is InChI=1S/C16H23N3O2/c1-2-18(12-13-3-4-13)16(20)15-11-14(5-6-17-15)19-7-9-21-10-8-19/h5-6,11,13H,2-4,7-10,12H2,1H3. The van der Waals surface area contributed by atoms with Crippen LogP contribution in [-0.2, 0) is 4.74 Å². The van der Waals surface area contributed by atoms with Crippen LogP contribution in [0.25, 0.3) is 0 Å². The Labute approximate surface area is 125 Å². The second kappa shape index (κ2) is 6.43. The number of hydrogen-bond acceptors (Lipinski definition) is 4. The smallest absolute Gasteiger partial charge is 0.272 e. The van der Waals surface area contributed by atoms with Gasteiger partial charge in [0.1, 0.15) is 5.69 Å². The normalized spacial score (nSPS) is 18.6. The van der Waals surface area contributed by atoms with E-state index in [1.165, 1.54) is 12.8 Å². The number of carbonyl (C=O) groups excluding carboxylic acids is 1. The number of amides is 1. The quantitative estimate of drug-likeness (QED) is 0.829. The van der Waals surface area contributed by atoms with Gasteiger partial charge in [-0.1, -0.05) is 0 Å². The summed E-state index contributed by atoms with van der Waals surface area (Å²) in [6.45, 7) is 6.89. The summed E-state index contributed by atoms with van der Waals surface area (Å²) in [6.07, 6.45) is 4.25. The first-order valence-corrected chi connectivity index (χ1v) is 7.86. The van der Waals surface area contributed by atoms with E-state index in [9.17, 15) is 4.79 Å². The minimum Gasteiger partial charge on any atom is -0.378 e. The average Bonchev–Trinajstić information content (AvgIpc) is 3.37. The first-order chi connectivity index (χ1) is 10.3. The fraction of sp³-hybridized carbons (Fsp3) is 0.625. The molecule has 0 unspecified atom stereocenters. The number of nitrogens with zero attached hydrogens (tertiary/aromatic N) is 3. The van der Waals surface area contributed by atoms with Crippen LogP contribution >= 0.6 is 0 Å². The number of anilines is 1. The highest BCUT2D eigenvalue weighted by molar-refractivity contribution is 5.93. The minimum atomic E-state index is 0.0551. The van der Waals surface area contributed by atoms with Crippen molar-refractivity contribution in [2.24, 2.45) is 5.92 Å². The monoisotopic (exact) mass is 289 g/mol. The van der Waals surface area contributed by atoms with Gasteiger partial charge in [0, 0.05) is 38.1 Å². The highest BCUT2D eigenvalue weighted by atomic mass is 16.5. The molecule has 1 aliphatic heterocycles. The van der Waals surface area contributed by atoms with Crippen molar-refractivity contribution in [2.45, 2.75) is 19.8 Å². The number of morpholine rings is 1. The zero-order chi connectivity index (χ0) is 14.7. The maximum absolute atomic E-state index is 12.6. The van der Waals surface area contributed by atoms with Gasteiger partial charge in [0.15, 0.2) is 0 Å². The second-order valence-corrected chi connectivity index (χ2v) is 5.79. The predicted molar refractivity (Wildman–Crippen MR) is 81.6 cm³/mol. The van der Waals surface area contributed by atoms with Crippen molar-refractivity contribution in [3.63, 3.8) is 0 Å². The topological polar surface area (TPSA) is 45.7 Å². The van der Waals surface area contributed by atoms with Gasteiger partial charge in [-0.05, 0) is 37.8 Å². The fourth-order valence-electron chi connectivity index (χ4n) is 2.68. The molecule has 0 atom stereocenters. The minimum absolute atomic E-state index is 0.0551. The molecule has 114 valence electrons. The molecule has 0 bridgehead atoms. The summed E-state index contributed by atoms with van der Waals surface area (Å²) in [4.78, 5) is 21.0. The van der Waals surface area contributed by atoms with E-state index < -0.39 is 0 Å². The van der Waals surface area contributed by atoms with Crippen molar-refractivity contribution in [2.75, 3.05) is 44.3 Å². The molecule has 1 amide bonds. The lowest BCUT2D eigenvalue weighted by molar-refractivity contribution is 0.0751. The Bertz CT molecular complexity index is 496. The van der Waals surface area contributed by atoms with E-state index in [1.54, 1.807) is 6.20 Å². The summed E-state index contributed by atoms with van der Waals surface area (Å²) in [5, 5.41) is 0. The summed E-state index contributed by atoms with van der Waals surface area (Å²) in [5.74, 6) is 0.760. The summed E-state index contributed by atoms with van der Waals surface area (Å²) < 4.78 is 5.37. The van der Waals surface area contributed by atoms with E-state index >= 15 is 0 Å². The van der Waals surface area contributed by atoms with Crippen LogP contribution < -0.4 is 4.90 Å². The molecule has 3 rings (SSSR count). The molecule has 1 saturated carbocycles. The number of pyridine rings is 1. The Morgan fingerprint density at radius 3 is 2.86 bits per heavy atom. The van der Waals surface area contributed by atoms with Crippen LogP contribution in [0.4, 0.5) is 5.69 Å². The van der Waals surface area contributed by atoms with Crippen molar-refractivity contribution in [1.29, 1.82) is 0 Å².